The zero-order chi connectivity index (χ0) is 7.56. The lowest BCUT2D eigenvalue weighted by Crippen LogP contribution is -2.08. The van der Waals surface area contributed by atoms with Gasteiger partial charge in [0.1, 0.15) is 6.10 Å². The molecule has 1 rings (SSSR count). The molecule has 60 valence electrons. The highest BCUT2D eigenvalue weighted by molar-refractivity contribution is 4.87. The molecule has 3 unspecified atom stereocenters. The molecule has 0 bridgehead atoms. The van der Waals surface area contributed by atoms with E-state index in [4.69, 9.17) is 9.84 Å². The Morgan fingerprint density at radius 1 is 1.60 bits per heavy atom. The summed E-state index contributed by atoms with van der Waals surface area (Å²) >= 11 is 0. The van der Waals surface area contributed by atoms with Gasteiger partial charge in [0.15, 0.2) is 0 Å². The molecular weight excluding hydrogens is 128 g/mol. The van der Waals surface area contributed by atoms with E-state index in [0.717, 1.165) is 0 Å². The average Bonchev–Trinajstić information content (AvgIpc) is 2.66. The Morgan fingerprint density at radius 3 is 2.70 bits per heavy atom. The zero-order valence-electron chi connectivity index (χ0n) is 6.71. The van der Waals surface area contributed by atoms with Crippen molar-refractivity contribution in [2.75, 3.05) is 6.61 Å². The third-order valence-electron chi connectivity index (χ3n) is 2.11. The molecular formula is C8H16O2. The summed E-state index contributed by atoms with van der Waals surface area (Å²) in [6.45, 7) is 4.55. The van der Waals surface area contributed by atoms with E-state index in [9.17, 15) is 0 Å². The lowest BCUT2D eigenvalue weighted by Gasteiger charge is -2.03. The van der Waals surface area contributed by atoms with Crippen LogP contribution in [0.5, 0.6) is 0 Å². The van der Waals surface area contributed by atoms with Crippen LogP contribution in [0.1, 0.15) is 26.7 Å². The van der Waals surface area contributed by atoms with Crippen molar-refractivity contribution >= 4 is 0 Å². The summed E-state index contributed by atoms with van der Waals surface area (Å²) in [6.07, 6.45) is 2.92. The van der Waals surface area contributed by atoms with Crippen LogP contribution in [-0.4, -0.2) is 23.9 Å². The molecule has 0 saturated carbocycles. The van der Waals surface area contributed by atoms with E-state index in [0.29, 0.717) is 12.0 Å². The number of hydrogen-bond donors (Lipinski definition) is 1. The summed E-state index contributed by atoms with van der Waals surface area (Å²) in [7, 11) is 0. The second-order valence-electron chi connectivity index (χ2n) is 3.09. The van der Waals surface area contributed by atoms with Gasteiger partial charge in [-0.3, -0.25) is 0 Å². The fraction of sp³-hybridized carbons (Fsp3) is 1.00. The molecule has 0 aromatic carbocycles. The maximum absolute atomic E-state index is 8.67. The normalized spacial score (nSPS) is 33.9. The third kappa shape index (κ3) is 1.70. The average molecular weight is 144 g/mol. The van der Waals surface area contributed by atoms with Crippen LogP contribution in [0.4, 0.5) is 0 Å². The molecule has 0 aromatic heterocycles. The smallest absolute Gasteiger partial charge is 0.107 e. The zero-order valence-corrected chi connectivity index (χ0v) is 6.71. The molecule has 1 aliphatic rings. The fourth-order valence-electron chi connectivity index (χ4n) is 1.42. The summed E-state index contributed by atoms with van der Waals surface area (Å²) in [5.74, 6) is 0.627. The van der Waals surface area contributed by atoms with Crippen LogP contribution in [0, 0.1) is 5.92 Å². The van der Waals surface area contributed by atoms with Crippen LogP contribution < -0.4 is 0 Å². The van der Waals surface area contributed by atoms with Crippen LogP contribution in [0.3, 0.4) is 0 Å². The summed E-state index contributed by atoms with van der Waals surface area (Å²) in [5, 5.41) is 8.67. The van der Waals surface area contributed by atoms with Gasteiger partial charge < -0.3 is 9.84 Å². The molecule has 0 aliphatic carbocycles. The maximum atomic E-state index is 8.67. The predicted molar refractivity (Wildman–Crippen MR) is 39.8 cm³/mol. The molecule has 0 spiro atoms. The van der Waals surface area contributed by atoms with E-state index in [1.54, 1.807) is 0 Å². The van der Waals surface area contributed by atoms with Crippen molar-refractivity contribution in [1.29, 1.82) is 0 Å². The van der Waals surface area contributed by atoms with E-state index in [1.165, 1.54) is 12.8 Å². The Bertz CT molecular complexity index is 103. The minimum Gasteiger partial charge on any atom is -0.394 e. The van der Waals surface area contributed by atoms with Crippen LogP contribution in [0.15, 0.2) is 0 Å². The predicted octanol–water partition coefficient (Wildman–Crippen LogP) is 1.18. The Hall–Kier alpha value is -0.0800. The Kier molecular flexibility index (Phi) is 2.69. The minimum absolute atomic E-state index is 0.154. The number of ether oxygens (including phenoxy) is 1. The topological polar surface area (TPSA) is 32.8 Å². The second-order valence-corrected chi connectivity index (χ2v) is 3.09. The van der Waals surface area contributed by atoms with Crippen LogP contribution in [0.25, 0.3) is 0 Å². The number of hydrogen-bond acceptors (Lipinski definition) is 2. The van der Waals surface area contributed by atoms with Gasteiger partial charge >= 0.3 is 0 Å². The first-order valence-electron chi connectivity index (χ1n) is 4.06. The Morgan fingerprint density at radius 2 is 2.30 bits per heavy atom. The lowest BCUT2D eigenvalue weighted by molar-refractivity contribution is 0.239. The van der Waals surface area contributed by atoms with Crippen molar-refractivity contribution in [3.05, 3.63) is 0 Å². The van der Waals surface area contributed by atoms with E-state index in [1.807, 2.05) is 0 Å². The number of epoxide rings is 1. The van der Waals surface area contributed by atoms with E-state index in [-0.39, 0.29) is 12.7 Å². The summed E-state index contributed by atoms with van der Waals surface area (Å²) in [5.41, 5.74) is 0. The molecule has 1 aliphatic heterocycles. The highest BCUT2D eigenvalue weighted by atomic mass is 16.6. The number of aliphatic hydroxyl groups excluding tert-OH is 1. The molecule has 0 radical (unpaired) electrons. The number of aliphatic hydroxyl groups is 1. The summed E-state index contributed by atoms with van der Waals surface area (Å²) in [4.78, 5) is 0. The molecule has 0 amide bonds. The van der Waals surface area contributed by atoms with Gasteiger partial charge in [-0.2, -0.15) is 0 Å². The first kappa shape index (κ1) is 8.02. The van der Waals surface area contributed by atoms with Gasteiger partial charge in [-0.1, -0.05) is 20.3 Å². The van der Waals surface area contributed by atoms with Crippen molar-refractivity contribution in [1.82, 2.24) is 0 Å². The monoisotopic (exact) mass is 144 g/mol. The molecule has 3 atom stereocenters. The van der Waals surface area contributed by atoms with Gasteiger partial charge in [0.05, 0.1) is 12.7 Å². The van der Waals surface area contributed by atoms with Crippen LogP contribution >= 0.6 is 0 Å². The van der Waals surface area contributed by atoms with Gasteiger partial charge in [0.2, 0.25) is 0 Å². The fourth-order valence-corrected chi connectivity index (χ4v) is 1.42. The molecule has 1 N–H and O–H groups in total. The lowest BCUT2D eigenvalue weighted by atomic mass is 10.0. The van der Waals surface area contributed by atoms with Gasteiger partial charge in [-0.15, -0.1) is 0 Å². The highest BCUT2D eigenvalue weighted by Gasteiger charge is 2.41. The van der Waals surface area contributed by atoms with Crippen molar-refractivity contribution in [3.63, 3.8) is 0 Å². The molecule has 2 heteroatoms. The second kappa shape index (κ2) is 3.35. The van der Waals surface area contributed by atoms with Crippen molar-refractivity contribution < 1.29 is 9.84 Å². The van der Waals surface area contributed by atoms with E-state index >= 15 is 0 Å². The number of rotatable bonds is 4. The van der Waals surface area contributed by atoms with Crippen LogP contribution in [-0.2, 0) is 4.74 Å². The van der Waals surface area contributed by atoms with Gasteiger partial charge in [0.25, 0.3) is 0 Å². The Labute approximate surface area is 62.2 Å². The molecule has 2 nitrogen and oxygen atoms in total. The standard InChI is InChI=1S/C8H16O2/c1-3-4-6(2)8-7(5-9)10-8/h6-9H,3-5H2,1-2H3. The van der Waals surface area contributed by atoms with Gasteiger partial charge in [-0.25, -0.2) is 0 Å². The largest absolute Gasteiger partial charge is 0.394 e. The van der Waals surface area contributed by atoms with Crippen molar-refractivity contribution in [3.8, 4) is 0 Å². The summed E-state index contributed by atoms with van der Waals surface area (Å²) < 4.78 is 5.23. The quantitative estimate of drug-likeness (QED) is 0.601. The van der Waals surface area contributed by atoms with Crippen molar-refractivity contribution in [2.24, 2.45) is 5.92 Å². The van der Waals surface area contributed by atoms with E-state index < -0.39 is 0 Å². The molecule has 1 heterocycles. The molecule has 1 saturated heterocycles. The third-order valence-corrected chi connectivity index (χ3v) is 2.11. The first-order chi connectivity index (χ1) is 4.79. The first-order valence-corrected chi connectivity index (χ1v) is 4.06. The highest BCUT2D eigenvalue weighted by Crippen LogP contribution is 2.31. The Balaban J connectivity index is 2.12. The summed E-state index contributed by atoms with van der Waals surface area (Å²) in [6, 6.07) is 0. The maximum Gasteiger partial charge on any atom is 0.107 e. The van der Waals surface area contributed by atoms with Gasteiger partial charge in [0, 0.05) is 0 Å². The van der Waals surface area contributed by atoms with Gasteiger partial charge in [-0.05, 0) is 12.3 Å². The minimum atomic E-state index is 0.154. The SMILES string of the molecule is CCCC(C)C1OC1CO. The van der Waals surface area contributed by atoms with Crippen LogP contribution in [0.2, 0.25) is 0 Å². The molecule has 1 fully saturated rings. The van der Waals surface area contributed by atoms with E-state index in [2.05, 4.69) is 13.8 Å². The molecule has 10 heavy (non-hydrogen) atoms. The molecule has 0 aromatic rings. The van der Waals surface area contributed by atoms with Crippen molar-refractivity contribution in [2.45, 2.75) is 38.9 Å².